The first-order valence-electron chi connectivity index (χ1n) is 8.12. The lowest BCUT2D eigenvalue weighted by Crippen LogP contribution is -2.51. The number of benzene rings is 2. The maximum atomic E-state index is 12.6. The van der Waals surface area contributed by atoms with Gasteiger partial charge in [0.05, 0.1) is 0 Å². The van der Waals surface area contributed by atoms with Gasteiger partial charge in [-0.2, -0.15) is 0 Å². The highest BCUT2D eigenvalue weighted by Gasteiger charge is 2.21. The smallest absolute Gasteiger partial charge is 0.254 e. The Morgan fingerprint density at radius 3 is 2.84 bits per heavy atom. The Kier molecular flexibility index (Phi) is 7.12. The molecule has 25 heavy (non-hydrogen) atoms. The summed E-state index contributed by atoms with van der Waals surface area (Å²) in [4.78, 5) is 14.5. The van der Waals surface area contributed by atoms with Gasteiger partial charge < -0.3 is 15.0 Å². The molecular formula is C19H22Cl2N2O2. The second-order valence-electron chi connectivity index (χ2n) is 6.05. The number of halogens is 2. The van der Waals surface area contributed by atoms with E-state index in [0.717, 1.165) is 25.2 Å². The van der Waals surface area contributed by atoms with Crippen molar-refractivity contribution in [2.45, 2.75) is 19.6 Å². The average Bonchev–Trinajstić information content (AvgIpc) is 2.60. The van der Waals surface area contributed by atoms with Crippen LogP contribution in [0, 0.1) is 0 Å². The van der Waals surface area contributed by atoms with Crippen molar-refractivity contribution in [3.8, 4) is 5.75 Å². The van der Waals surface area contributed by atoms with E-state index >= 15 is 0 Å². The Morgan fingerprint density at radius 2 is 2.08 bits per heavy atom. The minimum atomic E-state index is 0. The monoisotopic (exact) mass is 380 g/mol. The predicted molar refractivity (Wildman–Crippen MR) is 103 cm³/mol. The van der Waals surface area contributed by atoms with Gasteiger partial charge in [0.2, 0.25) is 0 Å². The fourth-order valence-electron chi connectivity index (χ4n) is 2.81. The molecule has 1 heterocycles. The fourth-order valence-corrected chi connectivity index (χ4v) is 3.02. The number of carbonyl (C=O) groups is 1. The summed E-state index contributed by atoms with van der Waals surface area (Å²) in [5, 5.41) is 4.03. The van der Waals surface area contributed by atoms with Crippen molar-refractivity contribution in [2.75, 3.05) is 19.6 Å². The van der Waals surface area contributed by atoms with Crippen LogP contribution in [-0.2, 0) is 6.61 Å². The summed E-state index contributed by atoms with van der Waals surface area (Å²) in [5.74, 6) is 0.737. The van der Waals surface area contributed by atoms with E-state index < -0.39 is 0 Å². The Labute approximate surface area is 159 Å². The zero-order chi connectivity index (χ0) is 16.9. The van der Waals surface area contributed by atoms with Gasteiger partial charge in [-0.3, -0.25) is 4.79 Å². The molecule has 4 nitrogen and oxygen atoms in total. The predicted octanol–water partition coefficient (Wildman–Crippen LogP) is 3.77. The van der Waals surface area contributed by atoms with Crippen LogP contribution in [-0.4, -0.2) is 36.5 Å². The standard InChI is InChI=1S/C19H21ClN2O2.ClH/c1-14-12-22(9-8-21-14)19(23)16-5-3-7-18(11-16)24-13-15-4-2-6-17(20)10-15;/h2-7,10-11,14,21H,8-9,12-13H2,1H3;1H. The van der Waals surface area contributed by atoms with Gasteiger partial charge >= 0.3 is 0 Å². The maximum absolute atomic E-state index is 12.6. The van der Waals surface area contributed by atoms with Crippen molar-refractivity contribution >= 4 is 29.9 Å². The number of nitrogens with zero attached hydrogens (tertiary/aromatic N) is 1. The minimum absolute atomic E-state index is 0. The van der Waals surface area contributed by atoms with Crippen molar-refractivity contribution in [3.05, 3.63) is 64.7 Å². The lowest BCUT2D eigenvalue weighted by molar-refractivity contribution is 0.0708. The molecule has 1 aliphatic heterocycles. The zero-order valence-electron chi connectivity index (χ0n) is 14.1. The van der Waals surface area contributed by atoms with Gasteiger partial charge in [0.1, 0.15) is 12.4 Å². The van der Waals surface area contributed by atoms with Crippen LogP contribution in [0.1, 0.15) is 22.8 Å². The SMILES string of the molecule is CC1CN(C(=O)c2cccc(OCc3cccc(Cl)c3)c2)CCN1.Cl. The summed E-state index contributed by atoms with van der Waals surface area (Å²) in [5.41, 5.74) is 1.66. The zero-order valence-corrected chi connectivity index (χ0v) is 15.6. The molecule has 134 valence electrons. The van der Waals surface area contributed by atoms with E-state index in [1.165, 1.54) is 0 Å². The molecule has 1 N–H and O–H groups in total. The Morgan fingerprint density at radius 1 is 1.28 bits per heavy atom. The molecule has 1 saturated heterocycles. The van der Waals surface area contributed by atoms with E-state index in [-0.39, 0.29) is 18.3 Å². The molecule has 1 fully saturated rings. The van der Waals surface area contributed by atoms with Crippen LogP contribution in [0.3, 0.4) is 0 Å². The van der Waals surface area contributed by atoms with Gasteiger partial charge in [-0.1, -0.05) is 29.8 Å². The number of nitrogens with one attached hydrogen (secondary N) is 1. The van der Waals surface area contributed by atoms with Gasteiger partial charge in [-0.05, 0) is 42.8 Å². The molecule has 0 spiro atoms. The van der Waals surface area contributed by atoms with Gasteiger partial charge in [-0.15, -0.1) is 12.4 Å². The van der Waals surface area contributed by atoms with Crippen LogP contribution in [0.25, 0.3) is 0 Å². The summed E-state index contributed by atoms with van der Waals surface area (Å²) < 4.78 is 5.80. The molecule has 0 radical (unpaired) electrons. The molecule has 2 aromatic carbocycles. The summed E-state index contributed by atoms with van der Waals surface area (Å²) >= 11 is 5.98. The molecule has 6 heteroatoms. The molecule has 1 aliphatic rings. The lowest BCUT2D eigenvalue weighted by atomic mass is 10.1. The number of hydrogen-bond acceptors (Lipinski definition) is 3. The fraction of sp³-hybridized carbons (Fsp3) is 0.316. The Bertz CT molecular complexity index is 724. The topological polar surface area (TPSA) is 41.6 Å². The molecule has 1 amide bonds. The van der Waals surface area contributed by atoms with E-state index in [2.05, 4.69) is 12.2 Å². The van der Waals surface area contributed by atoms with Crippen LogP contribution in [0.15, 0.2) is 48.5 Å². The van der Waals surface area contributed by atoms with Crippen LogP contribution in [0.4, 0.5) is 0 Å². The van der Waals surface area contributed by atoms with Crippen molar-refractivity contribution in [1.82, 2.24) is 10.2 Å². The van der Waals surface area contributed by atoms with Gasteiger partial charge in [0.25, 0.3) is 5.91 Å². The van der Waals surface area contributed by atoms with E-state index in [0.29, 0.717) is 29.0 Å². The van der Waals surface area contributed by atoms with E-state index in [1.54, 1.807) is 6.07 Å². The van der Waals surface area contributed by atoms with Crippen molar-refractivity contribution in [1.29, 1.82) is 0 Å². The van der Waals surface area contributed by atoms with Crippen molar-refractivity contribution < 1.29 is 9.53 Å². The van der Waals surface area contributed by atoms with Gasteiger partial charge in [-0.25, -0.2) is 0 Å². The van der Waals surface area contributed by atoms with Crippen molar-refractivity contribution in [3.63, 3.8) is 0 Å². The first kappa shape index (κ1) is 19.6. The number of piperazine rings is 1. The molecule has 0 aliphatic carbocycles. The quantitative estimate of drug-likeness (QED) is 0.877. The highest BCUT2D eigenvalue weighted by Crippen LogP contribution is 2.18. The van der Waals surface area contributed by atoms with Gasteiger partial charge in [0.15, 0.2) is 0 Å². The largest absolute Gasteiger partial charge is 0.489 e. The normalized spacial score (nSPS) is 16.9. The highest BCUT2D eigenvalue weighted by atomic mass is 35.5. The maximum Gasteiger partial charge on any atom is 0.254 e. The van der Waals surface area contributed by atoms with E-state index in [4.69, 9.17) is 16.3 Å². The first-order valence-corrected chi connectivity index (χ1v) is 8.49. The Balaban J connectivity index is 0.00000225. The number of amides is 1. The summed E-state index contributed by atoms with van der Waals surface area (Å²) in [6, 6.07) is 15.2. The average molecular weight is 381 g/mol. The third-order valence-electron chi connectivity index (χ3n) is 4.03. The molecular weight excluding hydrogens is 359 g/mol. The Hall–Kier alpha value is -1.75. The first-order chi connectivity index (χ1) is 11.6. The second kappa shape index (κ2) is 9.09. The number of ether oxygens (including phenoxy) is 1. The van der Waals surface area contributed by atoms with E-state index in [1.807, 2.05) is 47.4 Å². The van der Waals surface area contributed by atoms with Crippen LogP contribution in [0.2, 0.25) is 5.02 Å². The molecule has 0 saturated carbocycles. The third-order valence-corrected chi connectivity index (χ3v) is 4.27. The molecule has 0 bridgehead atoms. The number of hydrogen-bond donors (Lipinski definition) is 1. The minimum Gasteiger partial charge on any atom is -0.489 e. The van der Waals surface area contributed by atoms with Crippen LogP contribution in [0.5, 0.6) is 5.75 Å². The molecule has 2 aromatic rings. The molecule has 0 aromatic heterocycles. The lowest BCUT2D eigenvalue weighted by Gasteiger charge is -2.32. The van der Waals surface area contributed by atoms with Crippen LogP contribution < -0.4 is 10.1 Å². The highest BCUT2D eigenvalue weighted by molar-refractivity contribution is 6.30. The second-order valence-corrected chi connectivity index (χ2v) is 6.49. The van der Waals surface area contributed by atoms with Gasteiger partial charge in [0, 0.05) is 36.3 Å². The number of carbonyl (C=O) groups excluding carboxylic acids is 1. The third kappa shape index (κ3) is 5.36. The molecule has 1 unspecified atom stereocenters. The molecule has 1 atom stereocenters. The number of rotatable bonds is 4. The summed E-state index contributed by atoms with van der Waals surface area (Å²) in [6.07, 6.45) is 0. The van der Waals surface area contributed by atoms with Crippen LogP contribution >= 0.6 is 24.0 Å². The summed E-state index contributed by atoms with van der Waals surface area (Å²) in [6.45, 7) is 4.80. The van der Waals surface area contributed by atoms with E-state index in [9.17, 15) is 4.79 Å². The molecule has 3 rings (SSSR count). The summed E-state index contributed by atoms with van der Waals surface area (Å²) in [7, 11) is 0. The van der Waals surface area contributed by atoms with Crippen molar-refractivity contribution in [2.24, 2.45) is 0 Å².